The molecule has 1 amide bonds. The van der Waals surface area contributed by atoms with Crippen LogP contribution in [-0.4, -0.2) is 36.8 Å². The van der Waals surface area contributed by atoms with E-state index in [0.29, 0.717) is 12.2 Å². The first kappa shape index (κ1) is 15.4. The molecule has 0 spiro atoms. The Labute approximate surface area is 124 Å². The lowest BCUT2D eigenvalue weighted by Crippen LogP contribution is -2.18. The van der Waals surface area contributed by atoms with Crippen LogP contribution in [0.5, 0.6) is 0 Å². The number of carbonyl (C=O) groups is 1. The van der Waals surface area contributed by atoms with Gasteiger partial charge < -0.3 is 5.32 Å². The van der Waals surface area contributed by atoms with Crippen molar-refractivity contribution in [2.45, 2.75) is 25.5 Å². The Hall–Kier alpha value is -1.01. The van der Waals surface area contributed by atoms with Crippen LogP contribution in [0.15, 0.2) is 18.2 Å². The Morgan fingerprint density at radius 3 is 2.80 bits per heavy atom. The van der Waals surface area contributed by atoms with Crippen molar-refractivity contribution in [2.24, 2.45) is 0 Å². The minimum Gasteiger partial charge on any atom is -0.325 e. The topological polar surface area (TPSA) is 63.2 Å². The normalized spacial score (nSPS) is 20.8. The highest BCUT2D eigenvalue weighted by Crippen LogP contribution is 2.25. The van der Waals surface area contributed by atoms with Crippen LogP contribution in [0.25, 0.3) is 0 Å². The van der Waals surface area contributed by atoms with Gasteiger partial charge in [-0.15, -0.1) is 11.8 Å². The molecule has 0 unspecified atom stereocenters. The van der Waals surface area contributed by atoms with E-state index in [2.05, 4.69) is 5.32 Å². The molecule has 1 aliphatic rings. The van der Waals surface area contributed by atoms with Gasteiger partial charge in [0.25, 0.3) is 0 Å². The summed E-state index contributed by atoms with van der Waals surface area (Å²) < 4.78 is 22.7. The van der Waals surface area contributed by atoms with Crippen LogP contribution >= 0.6 is 11.8 Å². The van der Waals surface area contributed by atoms with Gasteiger partial charge in [-0.1, -0.05) is 12.1 Å². The molecule has 4 nitrogen and oxygen atoms in total. The number of amides is 1. The molecule has 1 N–H and O–H groups in total. The summed E-state index contributed by atoms with van der Waals surface area (Å²) in [5.41, 5.74) is 3.03. The number of sulfone groups is 1. The molecule has 110 valence electrons. The van der Waals surface area contributed by atoms with Crippen molar-refractivity contribution in [1.29, 1.82) is 0 Å². The Balaban J connectivity index is 1.86. The van der Waals surface area contributed by atoms with Gasteiger partial charge in [0.15, 0.2) is 9.84 Å². The molecule has 1 saturated heterocycles. The minimum atomic E-state index is -2.87. The van der Waals surface area contributed by atoms with Crippen LogP contribution in [0.2, 0.25) is 0 Å². The van der Waals surface area contributed by atoms with Crippen molar-refractivity contribution in [1.82, 2.24) is 0 Å². The van der Waals surface area contributed by atoms with Crippen LogP contribution in [-0.2, 0) is 14.6 Å². The van der Waals surface area contributed by atoms with E-state index in [1.165, 1.54) is 11.8 Å². The molecule has 1 heterocycles. The lowest BCUT2D eigenvalue weighted by Gasteiger charge is -2.11. The van der Waals surface area contributed by atoms with E-state index < -0.39 is 9.84 Å². The van der Waals surface area contributed by atoms with E-state index in [-0.39, 0.29) is 22.7 Å². The fourth-order valence-corrected chi connectivity index (χ4v) is 5.60. The number of aryl methyl sites for hydroxylation is 1. The fraction of sp³-hybridized carbons (Fsp3) is 0.500. The third kappa shape index (κ3) is 3.99. The molecular formula is C14H19NO3S2. The molecule has 0 aromatic heterocycles. The van der Waals surface area contributed by atoms with Gasteiger partial charge in [-0.2, -0.15) is 0 Å². The second-order valence-corrected chi connectivity index (χ2v) is 8.65. The molecule has 1 aliphatic heterocycles. The number of thioether (sulfide) groups is 1. The number of rotatable bonds is 4. The number of nitrogens with one attached hydrogen (secondary N) is 1. The molecular weight excluding hydrogens is 294 g/mol. The third-order valence-electron chi connectivity index (χ3n) is 3.52. The van der Waals surface area contributed by atoms with Crippen molar-refractivity contribution in [3.63, 3.8) is 0 Å². The number of carbonyl (C=O) groups excluding carboxylic acids is 1. The molecule has 0 aliphatic carbocycles. The maximum atomic E-state index is 11.9. The maximum Gasteiger partial charge on any atom is 0.234 e. The molecule has 2 rings (SSSR count). The number of hydrogen-bond donors (Lipinski definition) is 1. The largest absolute Gasteiger partial charge is 0.325 e. The van der Waals surface area contributed by atoms with Gasteiger partial charge >= 0.3 is 0 Å². The van der Waals surface area contributed by atoms with E-state index in [4.69, 9.17) is 0 Å². The Morgan fingerprint density at radius 1 is 1.40 bits per heavy atom. The van der Waals surface area contributed by atoms with Gasteiger partial charge in [-0.05, 0) is 37.5 Å². The molecule has 0 radical (unpaired) electrons. The molecule has 0 bridgehead atoms. The van der Waals surface area contributed by atoms with Crippen LogP contribution in [0, 0.1) is 13.8 Å². The summed E-state index contributed by atoms with van der Waals surface area (Å²) in [5.74, 6) is 0.679. The zero-order valence-corrected chi connectivity index (χ0v) is 13.3. The molecule has 1 atom stereocenters. The second kappa shape index (κ2) is 6.18. The zero-order chi connectivity index (χ0) is 14.8. The summed E-state index contributed by atoms with van der Waals surface area (Å²) in [6.07, 6.45) is 0.657. The molecule has 6 heteroatoms. The number of anilines is 1. The first-order valence-electron chi connectivity index (χ1n) is 6.55. The van der Waals surface area contributed by atoms with E-state index in [0.717, 1.165) is 16.8 Å². The van der Waals surface area contributed by atoms with Crippen LogP contribution < -0.4 is 5.32 Å². The first-order valence-corrected chi connectivity index (χ1v) is 9.42. The van der Waals surface area contributed by atoms with Gasteiger partial charge in [0.2, 0.25) is 5.91 Å². The van der Waals surface area contributed by atoms with Crippen molar-refractivity contribution in [2.75, 3.05) is 22.6 Å². The van der Waals surface area contributed by atoms with Crippen molar-refractivity contribution in [3.8, 4) is 0 Å². The average molecular weight is 313 g/mol. The van der Waals surface area contributed by atoms with Gasteiger partial charge in [0.1, 0.15) is 0 Å². The first-order chi connectivity index (χ1) is 9.37. The predicted octanol–water partition coefficient (Wildman–Crippen LogP) is 2.16. The highest BCUT2D eigenvalue weighted by Gasteiger charge is 2.28. The molecule has 1 aromatic carbocycles. The molecule has 20 heavy (non-hydrogen) atoms. The van der Waals surface area contributed by atoms with E-state index in [9.17, 15) is 13.2 Å². The van der Waals surface area contributed by atoms with Crippen molar-refractivity contribution in [3.05, 3.63) is 29.3 Å². The van der Waals surface area contributed by atoms with Gasteiger partial charge in [0, 0.05) is 10.9 Å². The van der Waals surface area contributed by atoms with Crippen LogP contribution in [0.3, 0.4) is 0 Å². The van der Waals surface area contributed by atoms with Crippen molar-refractivity contribution < 1.29 is 13.2 Å². The Bertz CT molecular complexity index is 611. The van der Waals surface area contributed by atoms with Gasteiger partial charge in [-0.25, -0.2) is 8.42 Å². The van der Waals surface area contributed by atoms with E-state index in [1.807, 2.05) is 32.0 Å². The lowest BCUT2D eigenvalue weighted by molar-refractivity contribution is -0.113. The Morgan fingerprint density at radius 2 is 2.15 bits per heavy atom. The minimum absolute atomic E-state index is 0.0596. The van der Waals surface area contributed by atoms with Gasteiger partial charge in [-0.3, -0.25) is 4.79 Å². The number of hydrogen-bond acceptors (Lipinski definition) is 4. The fourth-order valence-electron chi connectivity index (χ4n) is 2.16. The highest BCUT2D eigenvalue weighted by molar-refractivity contribution is 8.02. The molecule has 1 aromatic rings. The van der Waals surface area contributed by atoms with Gasteiger partial charge in [0.05, 0.1) is 17.3 Å². The summed E-state index contributed by atoms with van der Waals surface area (Å²) in [4.78, 5) is 11.9. The third-order valence-corrected chi connectivity index (χ3v) is 6.80. The van der Waals surface area contributed by atoms with Crippen molar-refractivity contribution >= 4 is 33.2 Å². The monoisotopic (exact) mass is 313 g/mol. The quantitative estimate of drug-likeness (QED) is 0.925. The Kier molecular flexibility index (Phi) is 4.75. The highest BCUT2D eigenvalue weighted by atomic mass is 32.2. The standard InChI is InChI=1S/C14H19NO3S2/c1-10-4-3-5-13(11(10)2)15-14(16)8-19-12-6-7-20(17,18)9-12/h3-5,12H,6-9H2,1-2H3,(H,15,16)/t12-/m0/s1. The number of benzene rings is 1. The van der Waals surface area contributed by atoms with Crippen LogP contribution in [0.1, 0.15) is 17.5 Å². The summed E-state index contributed by atoms with van der Waals surface area (Å²) in [7, 11) is -2.87. The molecule has 1 fully saturated rings. The molecule has 0 saturated carbocycles. The van der Waals surface area contributed by atoms with E-state index in [1.54, 1.807) is 0 Å². The summed E-state index contributed by atoms with van der Waals surface area (Å²) in [5, 5.41) is 2.95. The van der Waals surface area contributed by atoms with Crippen LogP contribution in [0.4, 0.5) is 5.69 Å². The smallest absolute Gasteiger partial charge is 0.234 e. The summed E-state index contributed by atoms with van der Waals surface area (Å²) >= 11 is 1.43. The van der Waals surface area contributed by atoms with E-state index >= 15 is 0 Å². The summed E-state index contributed by atoms with van der Waals surface area (Å²) in [6, 6.07) is 5.79. The SMILES string of the molecule is Cc1cccc(NC(=O)CS[C@H]2CCS(=O)(=O)C2)c1C. The summed E-state index contributed by atoms with van der Waals surface area (Å²) in [6.45, 7) is 3.98. The second-order valence-electron chi connectivity index (χ2n) is 5.13. The lowest BCUT2D eigenvalue weighted by atomic mass is 10.1. The predicted molar refractivity (Wildman–Crippen MR) is 84.1 cm³/mol. The zero-order valence-electron chi connectivity index (χ0n) is 11.7. The average Bonchev–Trinajstić information content (AvgIpc) is 2.72. The maximum absolute atomic E-state index is 11.9.